The molecule has 234 valence electrons. The van der Waals surface area contributed by atoms with Crippen LogP contribution in [0.2, 0.25) is 0 Å². The highest BCUT2D eigenvalue weighted by Gasteiger charge is 2.28. The van der Waals surface area contributed by atoms with Gasteiger partial charge in [-0.15, -0.1) is 0 Å². The summed E-state index contributed by atoms with van der Waals surface area (Å²) in [4.78, 5) is 29.0. The van der Waals surface area contributed by atoms with E-state index in [1.165, 1.54) is 32.1 Å². The average molecular weight is 602 g/mol. The summed E-state index contributed by atoms with van der Waals surface area (Å²) in [7, 11) is 0. The Bertz CT molecular complexity index is 1520. The van der Waals surface area contributed by atoms with Gasteiger partial charge in [-0.25, -0.2) is 4.98 Å². The summed E-state index contributed by atoms with van der Waals surface area (Å²) < 4.78 is 28.3. The highest BCUT2D eigenvalue weighted by molar-refractivity contribution is 5.94. The van der Waals surface area contributed by atoms with Crippen molar-refractivity contribution in [1.29, 1.82) is 0 Å². The van der Waals surface area contributed by atoms with E-state index in [1.54, 1.807) is 13.8 Å². The maximum Gasteiger partial charge on any atom is 0.320 e. The molecule has 1 aliphatic carbocycles. The van der Waals surface area contributed by atoms with Crippen LogP contribution in [0.3, 0.4) is 0 Å². The van der Waals surface area contributed by atoms with Gasteiger partial charge in [0.25, 0.3) is 0 Å². The van der Waals surface area contributed by atoms with Gasteiger partial charge in [0, 0.05) is 11.6 Å². The molecule has 0 N–H and O–H groups in total. The van der Waals surface area contributed by atoms with E-state index in [2.05, 4.69) is 12.1 Å². The van der Waals surface area contributed by atoms with Crippen LogP contribution in [0.4, 0.5) is 0 Å². The lowest BCUT2D eigenvalue weighted by atomic mass is 9.90. The molecule has 1 aromatic heterocycles. The van der Waals surface area contributed by atoms with Crippen LogP contribution >= 0.6 is 0 Å². The van der Waals surface area contributed by atoms with Crippen LogP contribution in [-0.2, 0) is 19.1 Å². The van der Waals surface area contributed by atoms with Gasteiger partial charge in [-0.2, -0.15) is 0 Å². The number of hydrogen-bond acceptors (Lipinski definition) is 8. The molecule has 0 saturated heterocycles. The van der Waals surface area contributed by atoms with Crippen molar-refractivity contribution >= 4 is 33.8 Å². The van der Waals surface area contributed by atoms with Crippen LogP contribution in [0.15, 0.2) is 59.0 Å². The van der Waals surface area contributed by atoms with Crippen molar-refractivity contribution in [2.45, 2.75) is 71.6 Å². The van der Waals surface area contributed by atoms with Crippen molar-refractivity contribution in [3.63, 3.8) is 0 Å². The monoisotopic (exact) mass is 601 g/mol. The average Bonchev–Trinajstić information content (AvgIpc) is 3.47. The Labute approximate surface area is 259 Å². The number of rotatable bonds is 15. The molecule has 4 aromatic rings. The quantitative estimate of drug-likeness (QED) is 0.0763. The van der Waals surface area contributed by atoms with E-state index in [9.17, 15) is 9.59 Å². The molecule has 1 saturated carbocycles. The first kappa shape index (κ1) is 31.4. The van der Waals surface area contributed by atoms with Crippen LogP contribution in [0.25, 0.3) is 33.3 Å². The second-order valence-electron chi connectivity index (χ2n) is 11.4. The molecular formula is C36H43NO7. The van der Waals surface area contributed by atoms with Gasteiger partial charge in [0.15, 0.2) is 11.5 Å². The maximum atomic E-state index is 12.1. The zero-order valence-electron chi connectivity index (χ0n) is 25.8. The van der Waals surface area contributed by atoms with E-state index in [0.29, 0.717) is 31.3 Å². The molecule has 1 fully saturated rings. The van der Waals surface area contributed by atoms with Crippen LogP contribution in [0.5, 0.6) is 11.5 Å². The van der Waals surface area contributed by atoms with E-state index in [0.717, 1.165) is 58.4 Å². The molecule has 5 rings (SSSR count). The molecule has 0 spiro atoms. The second kappa shape index (κ2) is 15.6. The molecule has 0 aliphatic heterocycles. The van der Waals surface area contributed by atoms with Gasteiger partial charge in [0.1, 0.15) is 17.0 Å². The molecule has 8 nitrogen and oxygen atoms in total. The van der Waals surface area contributed by atoms with E-state index >= 15 is 0 Å². The zero-order valence-corrected chi connectivity index (χ0v) is 25.8. The van der Waals surface area contributed by atoms with E-state index in [-0.39, 0.29) is 13.2 Å². The van der Waals surface area contributed by atoms with Crippen LogP contribution < -0.4 is 9.47 Å². The van der Waals surface area contributed by atoms with Gasteiger partial charge in [0.05, 0.1) is 26.4 Å². The van der Waals surface area contributed by atoms with Crippen molar-refractivity contribution in [2.24, 2.45) is 11.8 Å². The largest absolute Gasteiger partial charge is 0.494 e. The normalized spacial score (nSPS) is 13.8. The molecule has 0 bridgehead atoms. The van der Waals surface area contributed by atoms with Crippen molar-refractivity contribution in [3.8, 4) is 23.0 Å². The Kier molecular flexibility index (Phi) is 11.1. The summed E-state index contributed by atoms with van der Waals surface area (Å²) in [5.74, 6) is 0.966. The lowest BCUT2D eigenvalue weighted by Gasteiger charge is -2.21. The molecule has 3 aromatic carbocycles. The smallest absolute Gasteiger partial charge is 0.320 e. The van der Waals surface area contributed by atoms with Crippen molar-refractivity contribution in [1.82, 2.24) is 4.98 Å². The Morgan fingerprint density at radius 3 is 2.30 bits per heavy atom. The summed E-state index contributed by atoms with van der Waals surface area (Å²) in [5.41, 5.74) is 2.45. The fourth-order valence-corrected chi connectivity index (χ4v) is 5.77. The predicted molar refractivity (Wildman–Crippen MR) is 170 cm³/mol. The molecular weight excluding hydrogens is 558 g/mol. The summed E-state index contributed by atoms with van der Waals surface area (Å²) in [6.07, 6.45) is 9.21. The molecule has 0 unspecified atom stereocenters. The van der Waals surface area contributed by atoms with Crippen molar-refractivity contribution in [3.05, 3.63) is 54.6 Å². The number of ether oxygens (including phenoxy) is 4. The number of fused-ring (bicyclic) bond motifs is 2. The molecule has 8 heteroatoms. The summed E-state index contributed by atoms with van der Waals surface area (Å²) >= 11 is 0. The first-order valence-electron chi connectivity index (χ1n) is 16.1. The molecule has 0 atom stereocenters. The molecule has 44 heavy (non-hydrogen) atoms. The zero-order chi connectivity index (χ0) is 30.7. The lowest BCUT2D eigenvalue weighted by molar-refractivity contribution is -0.161. The number of benzene rings is 3. The minimum absolute atomic E-state index is 0.239. The summed E-state index contributed by atoms with van der Waals surface area (Å²) in [6, 6.07) is 18.1. The molecule has 1 heterocycles. The second-order valence-corrected chi connectivity index (χ2v) is 11.4. The van der Waals surface area contributed by atoms with Gasteiger partial charge in [0.2, 0.25) is 5.89 Å². The van der Waals surface area contributed by atoms with Crippen LogP contribution in [-0.4, -0.2) is 43.4 Å². The van der Waals surface area contributed by atoms with Gasteiger partial charge in [-0.3, -0.25) is 9.59 Å². The number of carbonyl (C=O) groups excluding carboxylic acids is 2. The number of carbonyl (C=O) groups is 2. The third-order valence-corrected chi connectivity index (χ3v) is 8.18. The van der Waals surface area contributed by atoms with E-state index < -0.39 is 17.9 Å². The number of aromatic nitrogens is 1. The summed E-state index contributed by atoms with van der Waals surface area (Å²) in [5, 5.41) is 2.13. The predicted octanol–water partition coefficient (Wildman–Crippen LogP) is 8.29. The van der Waals surface area contributed by atoms with Gasteiger partial charge in [-0.05, 0) is 92.6 Å². The van der Waals surface area contributed by atoms with Gasteiger partial charge in [-0.1, -0.05) is 44.2 Å². The number of unbranched alkanes of at least 4 members (excludes halogenated alkanes) is 2. The first-order valence-corrected chi connectivity index (χ1v) is 16.1. The van der Waals surface area contributed by atoms with Crippen LogP contribution in [0, 0.1) is 11.8 Å². The fourth-order valence-electron chi connectivity index (χ4n) is 5.77. The topological polar surface area (TPSA) is 97.1 Å². The van der Waals surface area contributed by atoms with E-state index in [4.69, 9.17) is 28.3 Å². The highest BCUT2D eigenvalue weighted by Crippen LogP contribution is 2.31. The SMILES string of the molecule is CCOC(=O)C(CCCCCOc1ccc2cc(-c3nc4ccc(OCC5CCCCC5)cc4o3)ccc2c1)C(=O)OCC. The Morgan fingerprint density at radius 1 is 0.818 bits per heavy atom. The number of oxazole rings is 1. The minimum atomic E-state index is -0.863. The van der Waals surface area contributed by atoms with E-state index in [1.807, 2.05) is 42.5 Å². The Balaban J connectivity index is 1.12. The number of esters is 2. The molecule has 0 amide bonds. The number of nitrogens with zero attached hydrogens (tertiary/aromatic N) is 1. The van der Waals surface area contributed by atoms with Crippen molar-refractivity contribution in [2.75, 3.05) is 26.4 Å². The Hall–Kier alpha value is -4.07. The van der Waals surface area contributed by atoms with Crippen LogP contribution in [0.1, 0.15) is 71.6 Å². The first-order chi connectivity index (χ1) is 21.5. The number of hydrogen-bond donors (Lipinski definition) is 0. The van der Waals surface area contributed by atoms with Gasteiger partial charge >= 0.3 is 11.9 Å². The fraction of sp³-hybridized carbons (Fsp3) is 0.472. The molecule has 1 aliphatic rings. The summed E-state index contributed by atoms with van der Waals surface area (Å²) in [6.45, 7) is 5.24. The third kappa shape index (κ3) is 8.30. The maximum absolute atomic E-state index is 12.1. The highest BCUT2D eigenvalue weighted by atomic mass is 16.6. The van der Waals surface area contributed by atoms with Crippen molar-refractivity contribution < 1.29 is 33.0 Å². The Morgan fingerprint density at radius 2 is 1.52 bits per heavy atom. The third-order valence-electron chi connectivity index (χ3n) is 8.18. The minimum Gasteiger partial charge on any atom is -0.494 e. The standard InChI is InChI=1S/C36H43NO7/c1-3-40-35(38)31(36(39)41-4-2)13-9-6-10-20-42-29-17-16-26-21-28(15-14-27(26)22-29)34-37-32-19-18-30(23-33(32)44-34)43-24-25-11-7-5-8-12-25/h14-19,21-23,25,31H,3-13,20,24H2,1-2H3. The van der Waals surface area contributed by atoms with Gasteiger partial charge < -0.3 is 23.4 Å². The molecule has 0 radical (unpaired) electrons. The lowest BCUT2D eigenvalue weighted by Crippen LogP contribution is -2.28.